The van der Waals surface area contributed by atoms with Crippen LogP contribution in [0.1, 0.15) is 39.5 Å². The minimum Gasteiger partial charge on any atom is -0.313 e. The monoisotopic (exact) mass is 210 g/mol. The molecule has 0 aromatic heterocycles. The van der Waals surface area contributed by atoms with Crippen molar-refractivity contribution in [2.45, 2.75) is 45.6 Å². The predicted molar refractivity (Wildman–Crippen MR) is 65.0 cm³/mol. The second-order valence-corrected chi connectivity index (χ2v) is 5.34. The molecule has 2 saturated heterocycles. The second-order valence-electron chi connectivity index (χ2n) is 5.34. The van der Waals surface area contributed by atoms with Gasteiger partial charge in [-0.15, -0.1) is 0 Å². The van der Waals surface area contributed by atoms with Gasteiger partial charge in [0.2, 0.25) is 0 Å². The number of piperidine rings is 1. The fraction of sp³-hybridized carbons (Fsp3) is 1.00. The Morgan fingerprint density at radius 2 is 1.93 bits per heavy atom. The minimum absolute atomic E-state index is 0.823. The van der Waals surface area contributed by atoms with Crippen LogP contribution in [0.15, 0.2) is 0 Å². The third-order valence-electron chi connectivity index (χ3n) is 4.46. The minimum atomic E-state index is 0.823. The van der Waals surface area contributed by atoms with Gasteiger partial charge < -0.3 is 10.2 Å². The van der Waals surface area contributed by atoms with E-state index in [0.29, 0.717) is 0 Å². The molecular weight excluding hydrogens is 184 g/mol. The molecule has 0 aromatic rings. The molecule has 2 nitrogen and oxygen atoms in total. The summed E-state index contributed by atoms with van der Waals surface area (Å²) in [4.78, 5) is 2.62. The Hall–Kier alpha value is -0.0800. The molecule has 1 N–H and O–H groups in total. The van der Waals surface area contributed by atoms with E-state index in [2.05, 4.69) is 24.1 Å². The van der Waals surface area contributed by atoms with Crippen LogP contribution in [0.5, 0.6) is 0 Å². The lowest BCUT2D eigenvalue weighted by Crippen LogP contribution is -2.45. The van der Waals surface area contributed by atoms with Crippen LogP contribution in [0.4, 0.5) is 0 Å². The first kappa shape index (κ1) is 11.4. The molecule has 15 heavy (non-hydrogen) atoms. The summed E-state index contributed by atoms with van der Waals surface area (Å²) in [7, 11) is 0. The molecule has 0 saturated carbocycles. The number of hydrogen-bond donors (Lipinski definition) is 1. The summed E-state index contributed by atoms with van der Waals surface area (Å²) >= 11 is 0. The van der Waals surface area contributed by atoms with E-state index in [1.807, 2.05) is 0 Å². The zero-order chi connectivity index (χ0) is 10.7. The molecule has 2 rings (SSSR count). The van der Waals surface area contributed by atoms with Crippen molar-refractivity contribution >= 4 is 0 Å². The van der Waals surface area contributed by atoms with Gasteiger partial charge in [0.1, 0.15) is 0 Å². The lowest BCUT2D eigenvalue weighted by molar-refractivity contribution is 0.214. The second kappa shape index (κ2) is 5.31. The zero-order valence-electron chi connectivity index (χ0n) is 10.3. The van der Waals surface area contributed by atoms with E-state index in [0.717, 1.165) is 17.9 Å². The first-order valence-corrected chi connectivity index (χ1v) is 6.79. The molecule has 3 atom stereocenters. The van der Waals surface area contributed by atoms with E-state index in [1.54, 1.807) is 0 Å². The standard InChI is InChI=1S/C13H26N2/c1-3-11(4-2)9-14-13-6-8-15-7-5-12(13)10-15/h11-14H,3-10H2,1-2H3. The molecule has 0 amide bonds. The van der Waals surface area contributed by atoms with Crippen LogP contribution >= 0.6 is 0 Å². The molecule has 0 radical (unpaired) electrons. The Morgan fingerprint density at radius 3 is 2.67 bits per heavy atom. The van der Waals surface area contributed by atoms with Gasteiger partial charge in [-0.3, -0.25) is 0 Å². The Balaban J connectivity index is 1.74. The predicted octanol–water partition coefficient (Wildman–Crippen LogP) is 2.11. The Bertz CT molecular complexity index is 189. The van der Waals surface area contributed by atoms with Crippen LogP contribution in [0.2, 0.25) is 0 Å². The topological polar surface area (TPSA) is 15.3 Å². The van der Waals surface area contributed by atoms with Crippen LogP contribution in [0.25, 0.3) is 0 Å². The fourth-order valence-corrected chi connectivity index (χ4v) is 3.12. The highest BCUT2D eigenvalue weighted by Crippen LogP contribution is 2.27. The highest BCUT2D eigenvalue weighted by Gasteiger charge is 2.33. The van der Waals surface area contributed by atoms with E-state index < -0.39 is 0 Å². The van der Waals surface area contributed by atoms with Gasteiger partial charge in [0, 0.05) is 12.6 Å². The van der Waals surface area contributed by atoms with Crippen molar-refractivity contribution in [3.8, 4) is 0 Å². The highest BCUT2D eigenvalue weighted by atomic mass is 15.2. The fourth-order valence-electron chi connectivity index (χ4n) is 3.12. The van der Waals surface area contributed by atoms with Gasteiger partial charge in [-0.2, -0.15) is 0 Å². The third-order valence-corrected chi connectivity index (χ3v) is 4.46. The summed E-state index contributed by atoms with van der Waals surface area (Å²) in [5.74, 6) is 1.84. The van der Waals surface area contributed by atoms with Crippen molar-refractivity contribution in [1.29, 1.82) is 0 Å². The summed E-state index contributed by atoms with van der Waals surface area (Å²) in [5, 5.41) is 3.82. The average molecular weight is 210 g/mol. The van der Waals surface area contributed by atoms with Crippen LogP contribution < -0.4 is 5.32 Å². The molecule has 2 heterocycles. The van der Waals surface area contributed by atoms with Crippen molar-refractivity contribution in [2.75, 3.05) is 26.2 Å². The Labute approximate surface area is 94.4 Å². The summed E-state index contributed by atoms with van der Waals surface area (Å²) in [5.41, 5.74) is 0. The van der Waals surface area contributed by atoms with E-state index >= 15 is 0 Å². The molecule has 2 heteroatoms. The Morgan fingerprint density at radius 1 is 1.20 bits per heavy atom. The molecular formula is C13H26N2. The number of nitrogens with one attached hydrogen (secondary N) is 1. The maximum absolute atomic E-state index is 3.82. The van der Waals surface area contributed by atoms with Crippen molar-refractivity contribution < 1.29 is 0 Å². The normalized spacial score (nSPS) is 35.0. The summed E-state index contributed by atoms with van der Waals surface area (Å²) in [6, 6.07) is 0.823. The molecule has 0 aromatic carbocycles. The maximum Gasteiger partial charge on any atom is 0.0120 e. The lowest BCUT2D eigenvalue weighted by Gasteiger charge is -2.32. The van der Waals surface area contributed by atoms with Gasteiger partial charge in [-0.05, 0) is 44.3 Å². The Kier molecular flexibility index (Phi) is 4.04. The van der Waals surface area contributed by atoms with Gasteiger partial charge in [0.15, 0.2) is 0 Å². The number of rotatable bonds is 5. The van der Waals surface area contributed by atoms with Crippen molar-refractivity contribution in [3.05, 3.63) is 0 Å². The van der Waals surface area contributed by atoms with E-state index in [1.165, 1.54) is 51.9 Å². The first-order chi connectivity index (χ1) is 7.33. The van der Waals surface area contributed by atoms with Gasteiger partial charge in [-0.1, -0.05) is 26.7 Å². The van der Waals surface area contributed by atoms with Crippen molar-refractivity contribution in [3.63, 3.8) is 0 Å². The van der Waals surface area contributed by atoms with Crippen LogP contribution in [0.3, 0.4) is 0 Å². The van der Waals surface area contributed by atoms with Gasteiger partial charge in [0.25, 0.3) is 0 Å². The molecule has 88 valence electrons. The molecule has 0 aliphatic carbocycles. The molecule has 3 unspecified atom stereocenters. The SMILES string of the molecule is CCC(CC)CNC1CCN2CCC1C2. The lowest BCUT2D eigenvalue weighted by atomic mass is 9.93. The van der Waals surface area contributed by atoms with E-state index in [4.69, 9.17) is 0 Å². The third kappa shape index (κ3) is 2.73. The van der Waals surface area contributed by atoms with Crippen LogP contribution in [-0.2, 0) is 0 Å². The highest BCUT2D eigenvalue weighted by molar-refractivity contribution is 4.90. The summed E-state index contributed by atoms with van der Waals surface area (Å²) < 4.78 is 0. The number of fused-ring (bicyclic) bond motifs is 2. The zero-order valence-corrected chi connectivity index (χ0v) is 10.3. The molecule has 2 aliphatic rings. The number of hydrogen-bond acceptors (Lipinski definition) is 2. The van der Waals surface area contributed by atoms with Gasteiger partial charge in [-0.25, -0.2) is 0 Å². The first-order valence-electron chi connectivity index (χ1n) is 6.79. The summed E-state index contributed by atoms with van der Waals surface area (Å²) in [6.07, 6.45) is 5.46. The van der Waals surface area contributed by atoms with E-state index in [-0.39, 0.29) is 0 Å². The van der Waals surface area contributed by atoms with E-state index in [9.17, 15) is 0 Å². The van der Waals surface area contributed by atoms with Crippen molar-refractivity contribution in [1.82, 2.24) is 10.2 Å². The molecule has 0 spiro atoms. The molecule has 2 fully saturated rings. The smallest absolute Gasteiger partial charge is 0.0120 e. The quantitative estimate of drug-likeness (QED) is 0.747. The van der Waals surface area contributed by atoms with Crippen LogP contribution in [0, 0.1) is 11.8 Å². The molecule has 2 aliphatic heterocycles. The van der Waals surface area contributed by atoms with Crippen molar-refractivity contribution in [2.24, 2.45) is 11.8 Å². The molecule has 2 bridgehead atoms. The summed E-state index contributed by atoms with van der Waals surface area (Å²) in [6.45, 7) is 9.92. The van der Waals surface area contributed by atoms with Gasteiger partial charge in [0.05, 0.1) is 0 Å². The maximum atomic E-state index is 3.82. The number of nitrogens with zero attached hydrogens (tertiary/aromatic N) is 1. The average Bonchev–Trinajstić information content (AvgIpc) is 2.65. The largest absolute Gasteiger partial charge is 0.313 e. The van der Waals surface area contributed by atoms with Crippen LogP contribution in [-0.4, -0.2) is 37.1 Å². The van der Waals surface area contributed by atoms with Gasteiger partial charge >= 0.3 is 0 Å².